The molecule has 0 unspecified atom stereocenters. The number of hydrogen-bond donors (Lipinski definition) is 1. The lowest BCUT2D eigenvalue weighted by molar-refractivity contribution is 0.581. The van der Waals surface area contributed by atoms with Crippen molar-refractivity contribution in [1.29, 1.82) is 0 Å². The van der Waals surface area contributed by atoms with E-state index in [1.807, 2.05) is 19.1 Å². The monoisotopic (exact) mass is 331 g/mol. The van der Waals surface area contributed by atoms with Crippen LogP contribution in [0.5, 0.6) is 0 Å². The molecule has 6 heteroatoms. The van der Waals surface area contributed by atoms with Gasteiger partial charge in [-0.05, 0) is 43.5 Å². The van der Waals surface area contributed by atoms with E-state index in [0.29, 0.717) is 0 Å². The summed E-state index contributed by atoms with van der Waals surface area (Å²) in [7, 11) is -3.49. The van der Waals surface area contributed by atoms with Gasteiger partial charge in [-0.15, -0.1) is 0 Å². The van der Waals surface area contributed by atoms with Gasteiger partial charge in [0.15, 0.2) is 0 Å². The summed E-state index contributed by atoms with van der Waals surface area (Å²) in [6.45, 7) is 4.26. The zero-order valence-electron chi connectivity index (χ0n) is 13.2. The van der Waals surface area contributed by atoms with Crippen LogP contribution in [-0.4, -0.2) is 26.5 Å². The predicted molar refractivity (Wildman–Crippen MR) is 90.9 cm³/mol. The molecular weight excluding hydrogens is 310 g/mol. The molecule has 0 amide bonds. The van der Waals surface area contributed by atoms with Crippen molar-refractivity contribution in [2.75, 3.05) is 18.0 Å². The molecule has 2 heterocycles. The molecule has 1 aromatic carbocycles. The van der Waals surface area contributed by atoms with Gasteiger partial charge in [-0.2, -0.15) is 0 Å². The van der Waals surface area contributed by atoms with Crippen LogP contribution in [0.15, 0.2) is 47.5 Å². The average Bonchev–Trinajstić information content (AvgIpc) is 3.08. The molecule has 3 rings (SSSR count). The Hall–Kier alpha value is -1.92. The van der Waals surface area contributed by atoms with Crippen LogP contribution in [0.2, 0.25) is 0 Å². The summed E-state index contributed by atoms with van der Waals surface area (Å²) >= 11 is 0. The second kappa shape index (κ2) is 6.68. The minimum Gasteiger partial charge on any atom is -0.357 e. The van der Waals surface area contributed by atoms with Crippen molar-refractivity contribution in [2.45, 2.75) is 31.2 Å². The summed E-state index contributed by atoms with van der Waals surface area (Å²) < 4.78 is 27.1. The van der Waals surface area contributed by atoms with Gasteiger partial charge in [0, 0.05) is 25.8 Å². The van der Waals surface area contributed by atoms with Crippen molar-refractivity contribution >= 4 is 15.8 Å². The normalized spacial score (nSPS) is 15.1. The van der Waals surface area contributed by atoms with Crippen molar-refractivity contribution < 1.29 is 8.42 Å². The second-order valence-electron chi connectivity index (χ2n) is 5.86. The van der Waals surface area contributed by atoms with Crippen LogP contribution in [0.1, 0.15) is 24.0 Å². The van der Waals surface area contributed by atoms with E-state index >= 15 is 0 Å². The fourth-order valence-corrected chi connectivity index (χ4v) is 3.65. The number of pyridine rings is 1. The van der Waals surface area contributed by atoms with Gasteiger partial charge in [0.25, 0.3) is 0 Å². The fraction of sp³-hybridized carbons (Fsp3) is 0.353. The smallest absolute Gasteiger partial charge is 0.240 e. The summed E-state index contributed by atoms with van der Waals surface area (Å²) in [6, 6.07) is 10.7. The highest BCUT2D eigenvalue weighted by Gasteiger charge is 2.15. The summed E-state index contributed by atoms with van der Waals surface area (Å²) in [5.41, 5.74) is 1.88. The molecule has 0 bridgehead atoms. The van der Waals surface area contributed by atoms with Crippen LogP contribution in [0.25, 0.3) is 0 Å². The summed E-state index contributed by atoms with van der Waals surface area (Å²) in [4.78, 5) is 6.97. The molecule has 2 aromatic rings. The molecule has 0 radical (unpaired) electrons. The molecule has 1 aliphatic rings. The van der Waals surface area contributed by atoms with Gasteiger partial charge in [0.05, 0.1) is 4.90 Å². The summed E-state index contributed by atoms with van der Waals surface area (Å²) in [5.74, 6) is 0.965. The maximum atomic E-state index is 12.3. The number of aromatic nitrogens is 1. The molecule has 1 fully saturated rings. The van der Waals surface area contributed by atoms with E-state index in [1.54, 1.807) is 30.5 Å². The number of nitrogens with one attached hydrogen (secondary N) is 1. The van der Waals surface area contributed by atoms with Crippen LogP contribution in [0.3, 0.4) is 0 Å². The highest BCUT2D eigenvalue weighted by atomic mass is 32.2. The van der Waals surface area contributed by atoms with E-state index in [4.69, 9.17) is 0 Å². The molecule has 1 aliphatic heterocycles. The zero-order valence-corrected chi connectivity index (χ0v) is 14.0. The number of rotatable bonds is 5. The molecule has 1 saturated heterocycles. The van der Waals surface area contributed by atoms with Crippen LogP contribution >= 0.6 is 0 Å². The fourth-order valence-electron chi connectivity index (χ4n) is 2.63. The second-order valence-corrected chi connectivity index (χ2v) is 7.62. The Morgan fingerprint density at radius 2 is 1.78 bits per heavy atom. The van der Waals surface area contributed by atoms with Gasteiger partial charge in [-0.25, -0.2) is 18.1 Å². The van der Waals surface area contributed by atoms with Gasteiger partial charge in [-0.1, -0.05) is 23.8 Å². The van der Waals surface area contributed by atoms with Crippen LogP contribution in [0.4, 0.5) is 5.82 Å². The Balaban J connectivity index is 1.64. The molecular formula is C17H21N3O2S. The van der Waals surface area contributed by atoms with Gasteiger partial charge < -0.3 is 4.90 Å². The lowest BCUT2D eigenvalue weighted by atomic mass is 10.2. The minimum absolute atomic E-state index is 0.240. The Morgan fingerprint density at radius 3 is 2.39 bits per heavy atom. The van der Waals surface area contributed by atoms with Crippen molar-refractivity contribution in [2.24, 2.45) is 0 Å². The Labute approximate surface area is 137 Å². The van der Waals surface area contributed by atoms with Crippen LogP contribution < -0.4 is 9.62 Å². The van der Waals surface area contributed by atoms with Gasteiger partial charge >= 0.3 is 0 Å². The van der Waals surface area contributed by atoms with Gasteiger partial charge in [0.1, 0.15) is 5.82 Å². The first-order valence-corrected chi connectivity index (χ1v) is 9.29. The molecule has 122 valence electrons. The van der Waals surface area contributed by atoms with E-state index in [9.17, 15) is 8.42 Å². The maximum Gasteiger partial charge on any atom is 0.240 e. The number of nitrogens with zero attached hydrogens (tertiary/aromatic N) is 2. The maximum absolute atomic E-state index is 12.3. The van der Waals surface area contributed by atoms with E-state index in [-0.39, 0.29) is 11.4 Å². The molecule has 1 N–H and O–H groups in total. The van der Waals surface area contributed by atoms with Crippen LogP contribution in [0, 0.1) is 6.92 Å². The Morgan fingerprint density at radius 1 is 1.09 bits per heavy atom. The number of sulfonamides is 1. The van der Waals surface area contributed by atoms with E-state index in [1.165, 1.54) is 12.8 Å². The molecule has 5 nitrogen and oxygen atoms in total. The molecule has 23 heavy (non-hydrogen) atoms. The van der Waals surface area contributed by atoms with E-state index in [0.717, 1.165) is 30.0 Å². The number of hydrogen-bond acceptors (Lipinski definition) is 4. The summed E-state index contributed by atoms with van der Waals surface area (Å²) in [5, 5.41) is 0. The molecule has 0 atom stereocenters. The Bertz CT molecular complexity index is 749. The molecule has 1 aromatic heterocycles. The average molecular weight is 331 g/mol. The van der Waals surface area contributed by atoms with Crippen LogP contribution in [-0.2, 0) is 16.6 Å². The molecule has 0 saturated carbocycles. The van der Waals surface area contributed by atoms with Crippen molar-refractivity contribution in [3.05, 3.63) is 53.7 Å². The molecule has 0 spiro atoms. The largest absolute Gasteiger partial charge is 0.357 e. The third-order valence-electron chi connectivity index (χ3n) is 4.04. The SMILES string of the molecule is Cc1ccc(S(=O)(=O)NCc2ccc(N3CCCC3)nc2)cc1. The van der Waals surface area contributed by atoms with Crippen molar-refractivity contribution in [3.63, 3.8) is 0 Å². The topological polar surface area (TPSA) is 62.3 Å². The minimum atomic E-state index is -3.49. The van der Waals surface area contributed by atoms with Gasteiger partial charge in [-0.3, -0.25) is 0 Å². The van der Waals surface area contributed by atoms with E-state index < -0.39 is 10.0 Å². The zero-order chi connectivity index (χ0) is 16.3. The Kier molecular flexibility index (Phi) is 4.63. The standard InChI is InChI=1S/C17H21N3O2S/c1-14-4-7-16(8-5-14)23(21,22)19-13-15-6-9-17(18-12-15)20-10-2-3-11-20/h4-9,12,19H,2-3,10-11,13H2,1H3. The first-order chi connectivity index (χ1) is 11.0. The lowest BCUT2D eigenvalue weighted by Crippen LogP contribution is -2.23. The van der Waals surface area contributed by atoms with E-state index in [2.05, 4.69) is 14.6 Å². The first-order valence-electron chi connectivity index (χ1n) is 7.81. The van der Waals surface area contributed by atoms with Gasteiger partial charge in [0.2, 0.25) is 10.0 Å². The highest BCUT2D eigenvalue weighted by molar-refractivity contribution is 7.89. The molecule has 0 aliphatic carbocycles. The third-order valence-corrected chi connectivity index (χ3v) is 5.45. The van der Waals surface area contributed by atoms with Crippen molar-refractivity contribution in [1.82, 2.24) is 9.71 Å². The number of benzene rings is 1. The highest BCUT2D eigenvalue weighted by Crippen LogP contribution is 2.18. The van der Waals surface area contributed by atoms with Crippen molar-refractivity contribution in [3.8, 4) is 0 Å². The third kappa shape index (κ3) is 3.89. The lowest BCUT2D eigenvalue weighted by Gasteiger charge is -2.16. The number of anilines is 1. The summed E-state index contributed by atoms with van der Waals surface area (Å²) in [6.07, 6.45) is 4.16. The quantitative estimate of drug-likeness (QED) is 0.914. The predicted octanol–water partition coefficient (Wildman–Crippen LogP) is 2.47. The number of aryl methyl sites for hydroxylation is 1. The first kappa shape index (κ1) is 16.0.